The summed E-state index contributed by atoms with van der Waals surface area (Å²) in [4.78, 5) is 10.9. The van der Waals surface area contributed by atoms with Crippen LogP contribution in [0.1, 0.15) is 38.5 Å². The van der Waals surface area contributed by atoms with Crippen LogP contribution in [0, 0.1) is 5.92 Å². The maximum absolute atomic E-state index is 5.87. The van der Waals surface area contributed by atoms with E-state index in [4.69, 9.17) is 5.73 Å². The molecule has 0 spiro atoms. The lowest BCUT2D eigenvalue weighted by Crippen LogP contribution is -2.47. The third-order valence-electron chi connectivity index (χ3n) is 4.31. The van der Waals surface area contributed by atoms with E-state index >= 15 is 0 Å². The van der Waals surface area contributed by atoms with Gasteiger partial charge in [0.25, 0.3) is 0 Å². The second-order valence-electron chi connectivity index (χ2n) is 5.34. The summed E-state index contributed by atoms with van der Waals surface area (Å²) in [6.07, 6.45) is 9.61. The fraction of sp³-hybridized carbons (Fsp3) is 0.692. The lowest BCUT2D eigenvalue weighted by molar-refractivity contribution is 0.242. The van der Waals surface area contributed by atoms with E-state index < -0.39 is 0 Å². The molecular weight excluding hydrogens is 292 g/mol. The highest BCUT2D eigenvalue weighted by Crippen LogP contribution is 2.39. The molecule has 2 N–H and O–H groups in total. The molecule has 2 aliphatic rings. The van der Waals surface area contributed by atoms with E-state index in [2.05, 4.69) is 30.8 Å². The summed E-state index contributed by atoms with van der Waals surface area (Å²) in [5.41, 5.74) is 5.87. The van der Waals surface area contributed by atoms with Gasteiger partial charge in [-0.15, -0.1) is 0 Å². The molecule has 0 amide bonds. The summed E-state index contributed by atoms with van der Waals surface area (Å²) < 4.78 is 0.858. The monoisotopic (exact) mass is 310 g/mol. The Balaban J connectivity index is 1.92. The third kappa shape index (κ3) is 2.09. The zero-order valence-corrected chi connectivity index (χ0v) is 12.1. The molecular formula is C13H19BrN4. The Morgan fingerprint density at radius 1 is 1.17 bits per heavy atom. The van der Waals surface area contributed by atoms with Crippen LogP contribution in [0.25, 0.3) is 0 Å². The molecule has 5 heteroatoms. The maximum atomic E-state index is 5.87. The molecule has 4 nitrogen and oxygen atoms in total. The molecule has 3 rings (SSSR count). The first kappa shape index (κ1) is 12.2. The molecule has 1 saturated carbocycles. The second kappa shape index (κ2) is 5.03. The van der Waals surface area contributed by atoms with Crippen molar-refractivity contribution in [3.63, 3.8) is 0 Å². The topological polar surface area (TPSA) is 55.0 Å². The first-order chi connectivity index (χ1) is 8.77. The number of halogens is 1. The Labute approximate surface area is 116 Å². The van der Waals surface area contributed by atoms with Crippen molar-refractivity contribution >= 4 is 27.6 Å². The Morgan fingerprint density at radius 3 is 2.83 bits per heavy atom. The van der Waals surface area contributed by atoms with Crippen molar-refractivity contribution in [1.82, 2.24) is 9.97 Å². The predicted octanol–water partition coefficient (Wildman–Crippen LogP) is 2.98. The van der Waals surface area contributed by atoms with E-state index in [1.165, 1.54) is 38.5 Å². The molecule has 1 aliphatic carbocycles. The minimum Gasteiger partial charge on any atom is -0.383 e. The van der Waals surface area contributed by atoms with Gasteiger partial charge in [-0.3, -0.25) is 0 Å². The molecule has 2 atom stereocenters. The van der Waals surface area contributed by atoms with Gasteiger partial charge in [0.2, 0.25) is 0 Å². The molecule has 0 radical (unpaired) electrons. The van der Waals surface area contributed by atoms with Gasteiger partial charge in [0.15, 0.2) is 0 Å². The lowest BCUT2D eigenvalue weighted by Gasteiger charge is -2.45. The highest BCUT2D eigenvalue weighted by molar-refractivity contribution is 9.10. The normalized spacial score (nSPS) is 27.9. The van der Waals surface area contributed by atoms with Gasteiger partial charge in [-0.25, -0.2) is 9.97 Å². The van der Waals surface area contributed by atoms with Crippen molar-refractivity contribution in [2.75, 3.05) is 17.2 Å². The zero-order chi connectivity index (χ0) is 12.5. The van der Waals surface area contributed by atoms with Gasteiger partial charge in [-0.1, -0.05) is 12.8 Å². The SMILES string of the molecule is Nc1ncnc(N2CCC[C@H]3CCCC[C@H]32)c1Br. The standard InChI is InChI=1S/C13H19BrN4/c14-11-12(15)16-8-17-13(11)18-7-3-5-9-4-1-2-6-10(9)18/h8-10H,1-7H2,(H2,15,16,17)/t9-,10-/m1/s1. The van der Waals surface area contributed by atoms with Crippen molar-refractivity contribution in [1.29, 1.82) is 0 Å². The third-order valence-corrected chi connectivity index (χ3v) is 5.07. The average Bonchev–Trinajstić information content (AvgIpc) is 2.41. The summed E-state index contributed by atoms with van der Waals surface area (Å²) in [6.45, 7) is 1.09. The van der Waals surface area contributed by atoms with Crippen molar-refractivity contribution in [2.24, 2.45) is 5.92 Å². The first-order valence-electron chi connectivity index (χ1n) is 6.80. The highest BCUT2D eigenvalue weighted by Gasteiger charge is 2.34. The number of aromatic nitrogens is 2. The van der Waals surface area contributed by atoms with Gasteiger partial charge >= 0.3 is 0 Å². The number of anilines is 2. The fourth-order valence-corrected chi connectivity index (χ4v) is 3.89. The number of hydrogen-bond donors (Lipinski definition) is 1. The lowest BCUT2D eigenvalue weighted by atomic mass is 9.78. The van der Waals surface area contributed by atoms with E-state index in [1.54, 1.807) is 6.33 Å². The molecule has 2 heterocycles. The van der Waals surface area contributed by atoms with E-state index in [0.717, 1.165) is 22.8 Å². The van der Waals surface area contributed by atoms with Crippen molar-refractivity contribution < 1.29 is 0 Å². The van der Waals surface area contributed by atoms with Crippen LogP contribution in [-0.4, -0.2) is 22.6 Å². The van der Waals surface area contributed by atoms with Gasteiger partial charge in [0.05, 0.1) is 0 Å². The van der Waals surface area contributed by atoms with Gasteiger partial charge in [-0.2, -0.15) is 0 Å². The molecule has 0 unspecified atom stereocenters. The van der Waals surface area contributed by atoms with E-state index in [9.17, 15) is 0 Å². The van der Waals surface area contributed by atoms with Crippen LogP contribution < -0.4 is 10.6 Å². The highest BCUT2D eigenvalue weighted by atomic mass is 79.9. The summed E-state index contributed by atoms with van der Waals surface area (Å²) in [6, 6.07) is 0.651. The van der Waals surface area contributed by atoms with Crippen molar-refractivity contribution in [3.8, 4) is 0 Å². The van der Waals surface area contributed by atoms with Crippen molar-refractivity contribution in [2.45, 2.75) is 44.6 Å². The largest absolute Gasteiger partial charge is 0.383 e. The summed E-state index contributed by atoms with van der Waals surface area (Å²) in [5.74, 6) is 2.37. The molecule has 0 aromatic carbocycles. The van der Waals surface area contributed by atoms with Crippen LogP contribution in [-0.2, 0) is 0 Å². The van der Waals surface area contributed by atoms with Gasteiger partial charge < -0.3 is 10.6 Å². The van der Waals surface area contributed by atoms with Crippen LogP contribution in [0.5, 0.6) is 0 Å². The minimum atomic E-state index is 0.540. The number of piperidine rings is 1. The zero-order valence-electron chi connectivity index (χ0n) is 10.5. The number of fused-ring (bicyclic) bond motifs is 1. The predicted molar refractivity (Wildman–Crippen MR) is 76.5 cm³/mol. The summed E-state index contributed by atoms with van der Waals surface area (Å²) in [7, 11) is 0. The van der Waals surface area contributed by atoms with E-state index in [1.807, 2.05) is 0 Å². The number of nitrogen functional groups attached to an aromatic ring is 1. The van der Waals surface area contributed by atoms with Crippen LogP contribution in [0.4, 0.5) is 11.6 Å². The van der Waals surface area contributed by atoms with Gasteiger partial charge in [0, 0.05) is 12.6 Å². The number of nitrogens with zero attached hydrogens (tertiary/aromatic N) is 3. The second-order valence-corrected chi connectivity index (χ2v) is 6.14. The molecule has 1 aromatic rings. The molecule has 18 heavy (non-hydrogen) atoms. The van der Waals surface area contributed by atoms with Crippen LogP contribution >= 0.6 is 15.9 Å². The van der Waals surface area contributed by atoms with E-state index in [-0.39, 0.29) is 0 Å². The van der Waals surface area contributed by atoms with Crippen LogP contribution in [0.2, 0.25) is 0 Å². The molecule has 0 bridgehead atoms. The molecule has 2 fully saturated rings. The molecule has 1 aliphatic heterocycles. The Bertz CT molecular complexity index is 435. The Kier molecular flexibility index (Phi) is 3.41. The smallest absolute Gasteiger partial charge is 0.148 e. The molecule has 1 saturated heterocycles. The number of nitrogens with two attached hydrogens (primary N) is 1. The quantitative estimate of drug-likeness (QED) is 0.866. The Hall–Kier alpha value is -0.840. The van der Waals surface area contributed by atoms with Crippen LogP contribution in [0.15, 0.2) is 10.8 Å². The first-order valence-corrected chi connectivity index (χ1v) is 7.59. The molecule has 98 valence electrons. The van der Waals surface area contributed by atoms with Gasteiger partial charge in [0.1, 0.15) is 22.4 Å². The average molecular weight is 311 g/mol. The summed E-state index contributed by atoms with van der Waals surface area (Å²) >= 11 is 3.54. The maximum Gasteiger partial charge on any atom is 0.148 e. The number of rotatable bonds is 1. The van der Waals surface area contributed by atoms with E-state index in [0.29, 0.717) is 11.9 Å². The number of hydrogen-bond acceptors (Lipinski definition) is 4. The molecule has 1 aromatic heterocycles. The minimum absolute atomic E-state index is 0.540. The Morgan fingerprint density at radius 2 is 1.94 bits per heavy atom. The van der Waals surface area contributed by atoms with Crippen LogP contribution in [0.3, 0.4) is 0 Å². The van der Waals surface area contributed by atoms with Crippen molar-refractivity contribution in [3.05, 3.63) is 10.8 Å². The fourth-order valence-electron chi connectivity index (χ4n) is 3.46. The van der Waals surface area contributed by atoms with Gasteiger partial charge in [-0.05, 0) is 47.5 Å². The summed E-state index contributed by atoms with van der Waals surface area (Å²) in [5, 5.41) is 0.